The molecule has 2 atom stereocenters. The third kappa shape index (κ3) is 3.05. The number of fused-ring (bicyclic) bond motifs is 2. The molecule has 2 aromatic carbocycles. The Kier molecular flexibility index (Phi) is 4.70. The fraction of sp³-hybridized carbons (Fsp3) is 0.136. The maximum absolute atomic E-state index is 13.4. The first kappa shape index (κ1) is 20.5. The number of aromatic nitrogens is 2. The van der Waals surface area contributed by atoms with Crippen LogP contribution < -0.4 is 5.32 Å². The molecule has 4 aromatic rings. The molecule has 4 N–H and O–H groups in total. The van der Waals surface area contributed by atoms with Gasteiger partial charge in [0.15, 0.2) is 5.72 Å². The number of aromatic amines is 1. The Morgan fingerprint density at radius 3 is 2.78 bits per heavy atom. The average Bonchev–Trinajstić information content (AvgIpc) is 3.42. The maximum atomic E-state index is 13.4. The van der Waals surface area contributed by atoms with Gasteiger partial charge in [-0.3, -0.25) is 15.0 Å². The summed E-state index contributed by atoms with van der Waals surface area (Å²) in [5.74, 6) is -0.228. The van der Waals surface area contributed by atoms with Gasteiger partial charge < -0.3 is 15.2 Å². The standard InChI is InChI=1S/C22H17ClN4O4S/c1-11(18-9-13(23)10-32-18)27-19(28)14-4-2-3-5-15(14)22(27,31)12-6-7-16-17(8-12)25-20(24-16)26-21(29)30/h2-11,31H,1H3,(H,29,30)(H2,24,25,26). The number of carboxylic acid groups (broad SMARTS) is 1. The van der Waals surface area contributed by atoms with Gasteiger partial charge in [0.1, 0.15) is 0 Å². The predicted octanol–water partition coefficient (Wildman–Crippen LogP) is 4.78. The van der Waals surface area contributed by atoms with Crippen LogP contribution in [0.2, 0.25) is 5.02 Å². The zero-order chi connectivity index (χ0) is 22.6. The maximum Gasteiger partial charge on any atom is 0.411 e. The molecule has 0 saturated heterocycles. The number of carbonyl (C=O) groups is 2. The van der Waals surface area contributed by atoms with Crippen LogP contribution in [0.15, 0.2) is 53.9 Å². The summed E-state index contributed by atoms with van der Waals surface area (Å²) >= 11 is 7.53. The van der Waals surface area contributed by atoms with Crippen molar-refractivity contribution in [2.45, 2.75) is 18.7 Å². The number of thiophene rings is 1. The Balaban J connectivity index is 1.67. The van der Waals surface area contributed by atoms with Gasteiger partial charge in [-0.2, -0.15) is 0 Å². The number of H-pyrrole nitrogens is 1. The normalized spacial score (nSPS) is 18.7. The summed E-state index contributed by atoms with van der Waals surface area (Å²) in [6.45, 7) is 1.85. The fourth-order valence-corrected chi connectivity index (χ4v) is 5.32. The fourth-order valence-electron chi connectivity index (χ4n) is 4.19. The van der Waals surface area contributed by atoms with Crippen molar-refractivity contribution < 1.29 is 19.8 Å². The van der Waals surface area contributed by atoms with E-state index in [9.17, 15) is 14.7 Å². The van der Waals surface area contributed by atoms with Crippen LogP contribution in [0.4, 0.5) is 10.7 Å². The van der Waals surface area contributed by atoms with E-state index in [4.69, 9.17) is 16.7 Å². The van der Waals surface area contributed by atoms with E-state index in [0.717, 1.165) is 4.88 Å². The Hall–Kier alpha value is -3.40. The number of nitrogens with zero attached hydrogens (tertiary/aromatic N) is 2. The molecule has 1 aliphatic heterocycles. The number of hydrogen-bond donors (Lipinski definition) is 4. The van der Waals surface area contributed by atoms with Crippen LogP contribution in [0, 0.1) is 0 Å². The first-order valence-corrected chi connectivity index (χ1v) is 10.9. The smallest absolute Gasteiger partial charge is 0.411 e. The summed E-state index contributed by atoms with van der Waals surface area (Å²) in [6, 6.07) is 13.3. The van der Waals surface area contributed by atoms with Gasteiger partial charge in [0.25, 0.3) is 5.91 Å². The Morgan fingerprint density at radius 2 is 2.06 bits per heavy atom. The quantitative estimate of drug-likeness (QED) is 0.344. The van der Waals surface area contributed by atoms with E-state index in [1.807, 2.05) is 6.92 Å². The zero-order valence-electron chi connectivity index (χ0n) is 16.7. The lowest BCUT2D eigenvalue weighted by molar-refractivity contribution is -0.0670. The number of carbonyl (C=O) groups excluding carboxylic acids is 1. The first-order chi connectivity index (χ1) is 15.3. The molecule has 1 aliphatic rings. The molecule has 0 aliphatic carbocycles. The summed E-state index contributed by atoms with van der Waals surface area (Å²) in [5.41, 5.74) is 0.604. The highest BCUT2D eigenvalue weighted by molar-refractivity contribution is 7.10. The number of rotatable bonds is 4. The number of imidazole rings is 1. The van der Waals surface area contributed by atoms with Gasteiger partial charge in [-0.15, -0.1) is 11.3 Å². The molecule has 0 spiro atoms. The Labute approximate surface area is 191 Å². The number of hydrogen-bond acceptors (Lipinski definition) is 5. The van der Waals surface area contributed by atoms with Crippen molar-refractivity contribution in [1.82, 2.24) is 14.9 Å². The summed E-state index contributed by atoms with van der Waals surface area (Å²) in [6.07, 6.45) is -1.24. The van der Waals surface area contributed by atoms with E-state index in [2.05, 4.69) is 15.3 Å². The SMILES string of the molecule is CC(c1cc(Cl)cs1)N1C(=O)c2ccccc2C1(O)c1ccc2[nH]c(NC(=O)O)nc2c1. The molecular weight excluding hydrogens is 452 g/mol. The molecular formula is C22H17ClN4O4S. The lowest BCUT2D eigenvalue weighted by Gasteiger charge is -2.38. The van der Waals surface area contributed by atoms with Crippen molar-refractivity contribution in [2.75, 3.05) is 5.32 Å². The molecule has 0 bridgehead atoms. The molecule has 10 heteroatoms. The minimum Gasteiger partial charge on any atom is -0.465 e. The highest BCUT2D eigenvalue weighted by Gasteiger charge is 2.52. The number of nitrogens with one attached hydrogen (secondary N) is 2. The molecule has 2 amide bonds. The van der Waals surface area contributed by atoms with Crippen molar-refractivity contribution in [1.29, 1.82) is 0 Å². The second-order valence-corrected chi connectivity index (χ2v) is 8.86. The first-order valence-electron chi connectivity index (χ1n) is 9.68. The van der Waals surface area contributed by atoms with Gasteiger partial charge in [0.2, 0.25) is 5.95 Å². The molecule has 0 fully saturated rings. The minimum atomic E-state index is -1.75. The van der Waals surface area contributed by atoms with E-state index in [-0.39, 0.29) is 11.9 Å². The Morgan fingerprint density at radius 1 is 1.28 bits per heavy atom. The summed E-state index contributed by atoms with van der Waals surface area (Å²) in [5, 5.41) is 25.6. The number of anilines is 1. The van der Waals surface area contributed by atoms with Crippen LogP contribution in [0.1, 0.15) is 39.3 Å². The summed E-state index contributed by atoms with van der Waals surface area (Å²) in [7, 11) is 0. The molecule has 162 valence electrons. The average molecular weight is 469 g/mol. The topological polar surface area (TPSA) is 119 Å². The van der Waals surface area contributed by atoms with E-state index >= 15 is 0 Å². The van der Waals surface area contributed by atoms with Crippen LogP contribution in [-0.2, 0) is 5.72 Å². The number of aliphatic hydroxyl groups is 1. The van der Waals surface area contributed by atoms with Crippen LogP contribution in [-0.4, -0.2) is 37.1 Å². The second-order valence-electron chi connectivity index (χ2n) is 7.48. The minimum absolute atomic E-state index is 0.0676. The molecule has 32 heavy (non-hydrogen) atoms. The van der Waals surface area contributed by atoms with Gasteiger partial charge in [0, 0.05) is 26.9 Å². The summed E-state index contributed by atoms with van der Waals surface area (Å²) in [4.78, 5) is 33.8. The van der Waals surface area contributed by atoms with Crippen molar-refractivity contribution in [3.63, 3.8) is 0 Å². The molecule has 0 saturated carbocycles. The lowest BCUT2D eigenvalue weighted by atomic mass is 9.92. The second kappa shape index (κ2) is 7.33. The van der Waals surface area contributed by atoms with Crippen LogP contribution in [0.25, 0.3) is 11.0 Å². The zero-order valence-corrected chi connectivity index (χ0v) is 18.2. The third-order valence-corrected chi connectivity index (χ3v) is 7.05. The number of halogens is 1. The van der Waals surface area contributed by atoms with E-state index in [1.54, 1.807) is 53.9 Å². The number of benzene rings is 2. The molecule has 0 radical (unpaired) electrons. The number of amides is 2. The van der Waals surface area contributed by atoms with Gasteiger partial charge in [-0.1, -0.05) is 35.9 Å². The van der Waals surface area contributed by atoms with Crippen molar-refractivity contribution in [3.05, 3.63) is 80.5 Å². The van der Waals surface area contributed by atoms with E-state index in [1.165, 1.54) is 16.2 Å². The van der Waals surface area contributed by atoms with Crippen LogP contribution in [0.5, 0.6) is 0 Å². The van der Waals surface area contributed by atoms with Crippen LogP contribution >= 0.6 is 22.9 Å². The van der Waals surface area contributed by atoms with Gasteiger partial charge in [-0.05, 0) is 31.2 Å². The highest BCUT2D eigenvalue weighted by Crippen LogP contribution is 2.47. The molecule has 3 heterocycles. The van der Waals surface area contributed by atoms with Crippen molar-refractivity contribution in [2.24, 2.45) is 0 Å². The highest BCUT2D eigenvalue weighted by atomic mass is 35.5. The monoisotopic (exact) mass is 468 g/mol. The summed E-state index contributed by atoms with van der Waals surface area (Å²) < 4.78 is 0. The van der Waals surface area contributed by atoms with Crippen molar-refractivity contribution in [3.8, 4) is 0 Å². The van der Waals surface area contributed by atoms with Gasteiger partial charge in [-0.25, -0.2) is 9.78 Å². The molecule has 8 nitrogen and oxygen atoms in total. The lowest BCUT2D eigenvalue weighted by Crippen LogP contribution is -2.45. The third-order valence-electron chi connectivity index (χ3n) is 5.60. The molecule has 5 rings (SSSR count). The van der Waals surface area contributed by atoms with Gasteiger partial charge >= 0.3 is 6.09 Å². The van der Waals surface area contributed by atoms with Crippen molar-refractivity contribution >= 4 is 51.9 Å². The van der Waals surface area contributed by atoms with Gasteiger partial charge in [0.05, 0.1) is 22.1 Å². The Bertz CT molecular complexity index is 1380. The molecule has 2 aromatic heterocycles. The van der Waals surface area contributed by atoms with Crippen LogP contribution in [0.3, 0.4) is 0 Å². The largest absolute Gasteiger partial charge is 0.465 e. The van der Waals surface area contributed by atoms with E-state index in [0.29, 0.717) is 32.7 Å². The molecule has 2 unspecified atom stereocenters. The van der Waals surface area contributed by atoms with E-state index < -0.39 is 17.9 Å². The predicted molar refractivity (Wildman–Crippen MR) is 121 cm³/mol.